The quantitative estimate of drug-likeness (QED) is 0.845. The topological polar surface area (TPSA) is 61.4 Å². The highest BCUT2D eigenvalue weighted by atomic mass is 35.5. The summed E-state index contributed by atoms with van der Waals surface area (Å²) in [7, 11) is 1.84. The zero-order chi connectivity index (χ0) is 16.7. The molecular formula is C16H24ClN3O2. The predicted molar refractivity (Wildman–Crippen MR) is 88.9 cm³/mol. The molecule has 1 aromatic carbocycles. The summed E-state index contributed by atoms with van der Waals surface area (Å²) in [6.45, 7) is 6.65. The van der Waals surface area contributed by atoms with Crippen LogP contribution in [0.1, 0.15) is 32.4 Å². The number of carbonyl (C=O) groups excluding carboxylic acids is 2. The Balaban J connectivity index is 2.46. The van der Waals surface area contributed by atoms with Crippen LogP contribution >= 0.6 is 11.6 Å². The van der Waals surface area contributed by atoms with E-state index in [-0.39, 0.29) is 18.5 Å². The van der Waals surface area contributed by atoms with Gasteiger partial charge in [-0.05, 0) is 37.6 Å². The van der Waals surface area contributed by atoms with Crippen molar-refractivity contribution < 1.29 is 9.59 Å². The molecule has 0 spiro atoms. The number of benzene rings is 1. The van der Waals surface area contributed by atoms with E-state index in [1.807, 2.05) is 57.0 Å². The van der Waals surface area contributed by atoms with Gasteiger partial charge in [0.1, 0.15) is 0 Å². The summed E-state index contributed by atoms with van der Waals surface area (Å²) in [5.41, 5.74) is 1.06. The van der Waals surface area contributed by atoms with Crippen molar-refractivity contribution in [2.24, 2.45) is 5.92 Å². The lowest BCUT2D eigenvalue weighted by Gasteiger charge is -2.24. The predicted octanol–water partition coefficient (Wildman–Crippen LogP) is 2.81. The third kappa shape index (κ3) is 6.45. The van der Waals surface area contributed by atoms with E-state index in [0.717, 1.165) is 5.56 Å². The van der Waals surface area contributed by atoms with Crippen LogP contribution < -0.4 is 10.6 Å². The minimum atomic E-state index is -0.453. The van der Waals surface area contributed by atoms with Crippen LogP contribution in [0.3, 0.4) is 0 Å². The molecule has 0 aliphatic heterocycles. The summed E-state index contributed by atoms with van der Waals surface area (Å²) in [6.07, 6.45) is 0. The Morgan fingerprint density at radius 1 is 1.18 bits per heavy atom. The van der Waals surface area contributed by atoms with Crippen LogP contribution in [-0.4, -0.2) is 37.0 Å². The molecule has 3 amide bonds. The van der Waals surface area contributed by atoms with Crippen molar-refractivity contribution in [1.29, 1.82) is 0 Å². The largest absolute Gasteiger partial charge is 0.338 e. The van der Waals surface area contributed by atoms with E-state index in [1.165, 1.54) is 0 Å². The molecule has 1 atom stereocenters. The van der Waals surface area contributed by atoms with Crippen LogP contribution in [-0.2, 0) is 4.79 Å². The molecule has 0 aliphatic carbocycles. The maximum Gasteiger partial charge on any atom is 0.321 e. The Kier molecular flexibility index (Phi) is 7.35. The second kappa shape index (κ2) is 8.76. The zero-order valence-corrected chi connectivity index (χ0v) is 14.3. The minimum absolute atomic E-state index is 0.0433. The van der Waals surface area contributed by atoms with Gasteiger partial charge in [0.15, 0.2) is 0 Å². The van der Waals surface area contributed by atoms with Crippen molar-refractivity contribution in [2.75, 3.05) is 20.1 Å². The molecule has 0 fully saturated rings. The van der Waals surface area contributed by atoms with Crippen LogP contribution in [0, 0.1) is 5.92 Å². The zero-order valence-electron chi connectivity index (χ0n) is 13.5. The van der Waals surface area contributed by atoms with Crippen molar-refractivity contribution in [3.63, 3.8) is 0 Å². The SMILES string of the molecule is CC(C)CNC(=O)NC(=O)CN(C)C(C)c1ccc(Cl)cc1. The normalized spacial score (nSPS) is 12.3. The van der Waals surface area contributed by atoms with Gasteiger partial charge in [-0.1, -0.05) is 37.6 Å². The van der Waals surface area contributed by atoms with E-state index in [1.54, 1.807) is 0 Å². The number of rotatable bonds is 6. The third-order valence-electron chi connectivity index (χ3n) is 3.33. The van der Waals surface area contributed by atoms with Crippen LogP contribution in [0.15, 0.2) is 24.3 Å². The fourth-order valence-corrected chi connectivity index (χ4v) is 1.99. The maximum atomic E-state index is 11.9. The number of nitrogens with zero attached hydrogens (tertiary/aromatic N) is 1. The van der Waals surface area contributed by atoms with E-state index < -0.39 is 6.03 Å². The van der Waals surface area contributed by atoms with Gasteiger partial charge in [0.25, 0.3) is 0 Å². The second-order valence-corrected chi connectivity index (χ2v) is 6.23. The third-order valence-corrected chi connectivity index (χ3v) is 3.58. The van der Waals surface area contributed by atoms with Gasteiger partial charge in [0.05, 0.1) is 6.54 Å². The number of carbonyl (C=O) groups is 2. The van der Waals surface area contributed by atoms with Crippen LogP contribution in [0.2, 0.25) is 5.02 Å². The van der Waals surface area contributed by atoms with Crippen LogP contribution in [0.4, 0.5) is 4.79 Å². The van der Waals surface area contributed by atoms with E-state index in [2.05, 4.69) is 10.6 Å². The molecule has 0 bridgehead atoms. The van der Waals surface area contributed by atoms with E-state index in [9.17, 15) is 9.59 Å². The van der Waals surface area contributed by atoms with E-state index >= 15 is 0 Å². The molecule has 22 heavy (non-hydrogen) atoms. The number of halogens is 1. The summed E-state index contributed by atoms with van der Waals surface area (Å²) in [5, 5.41) is 5.66. The van der Waals surface area contributed by atoms with Crippen LogP contribution in [0.5, 0.6) is 0 Å². The Morgan fingerprint density at radius 2 is 1.77 bits per heavy atom. The van der Waals surface area contributed by atoms with Gasteiger partial charge < -0.3 is 5.32 Å². The Labute approximate surface area is 137 Å². The fourth-order valence-electron chi connectivity index (χ4n) is 1.87. The first-order valence-corrected chi connectivity index (χ1v) is 7.70. The number of amides is 3. The number of hydrogen-bond acceptors (Lipinski definition) is 3. The molecule has 0 radical (unpaired) electrons. The van der Waals surface area contributed by atoms with Gasteiger partial charge in [0, 0.05) is 17.6 Å². The van der Waals surface area contributed by atoms with Crippen molar-refractivity contribution in [2.45, 2.75) is 26.8 Å². The van der Waals surface area contributed by atoms with Crippen molar-refractivity contribution in [3.05, 3.63) is 34.9 Å². The average Bonchev–Trinajstić information content (AvgIpc) is 2.45. The highest BCUT2D eigenvalue weighted by molar-refractivity contribution is 6.30. The Hall–Kier alpha value is -1.59. The highest BCUT2D eigenvalue weighted by Crippen LogP contribution is 2.20. The van der Waals surface area contributed by atoms with Crippen molar-refractivity contribution in [3.8, 4) is 0 Å². The second-order valence-electron chi connectivity index (χ2n) is 5.79. The van der Waals surface area contributed by atoms with E-state index in [0.29, 0.717) is 17.5 Å². The van der Waals surface area contributed by atoms with Gasteiger partial charge in [-0.3, -0.25) is 15.0 Å². The smallest absolute Gasteiger partial charge is 0.321 e. The van der Waals surface area contributed by atoms with Crippen molar-refractivity contribution in [1.82, 2.24) is 15.5 Å². The molecule has 1 aromatic rings. The van der Waals surface area contributed by atoms with Crippen LogP contribution in [0.25, 0.3) is 0 Å². The monoisotopic (exact) mass is 325 g/mol. The molecule has 122 valence electrons. The molecule has 1 unspecified atom stereocenters. The maximum absolute atomic E-state index is 11.9. The van der Waals surface area contributed by atoms with Gasteiger partial charge in [-0.15, -0.1) is 0 Å². The lowest BCUT2D eigenvalue weighted by Crippen LogP contribution is -2.45. The summed E-state index contributed by atoms with van der Waals surface area (Å²) in [4.78, 5) is 25.3. The molecule has 1 rings (SSSR count). The molecular weight excluding hydrogens is 302 g/mol. The molecule has 0 aromatic heterocycles. The standard InChI is InChI=1S/C16H24ClN3O2/c1-11(2)9-18-16(22)19-15(21)10-20(4)12(3)13-5-7-14(17)8-6-13/h5-8,11-12H,9-10H2,1-4H3,(H2,18,19,21,22). The van der Waals surface area contributed by atoms with Gasteiger partial charge in [-0.25, -0.2) is 4.79 Å². The number of urea groups is 1. The summed E-state index contributed by atoms with van der Waals surface area (Å²) < 4.78 is 0. The van der Waals surface area contributed by atoms with Gasteiger partial charge >= 0.3 is 6.03 Å². The summed E-state index contributed by atoms with van der Waals surface area (Å²) in [5.74, 6) is 0.0121. The first-order valence-electron chi connectivity index (χ1n) is 7.33. The molecule has 6 heteroatoms. The Morgan fingerprint density at radius 3 is 2.32 bits per heavy atom. The van der Waals surface area contributed by atoms with Gasteiger partial charge in [0.2, 0.25) is 5.91 Å². The fraction of sp³-hybridized carbons (Fsp3) is 0.500. The molecule has 0 aliphatic rings. The summed E-state index contributed by atoms with van der Waals surface area (Å²) in [6, 6.07) is 7.09. The lowest BCUT2D eigenvalue weighted by atomic mass is 10.1. The lowest BCUT2D eigenvalue weighted by molar-refractivity contribution is -0.121. The first kappa shape index (κ1) is 18.5. The molecule has 2 N–H and O–H groups in total. The van der Waals surface area contributed by atoms with E-state index in [4.69, 9.17) is 11.6 Å². The molecule has 0 heterocycles. The molecule has 0 saturated carbocycles. The highest BCUT2D eigenvalue weighted by Gasteiger charge is 2.16. The summed E-state index contributed by atoms with van der Waals surface area (Å²) >= 11 is 5.87. The van der Waals surface area contributed by atoms with Gasteiger partial charge in [-0.2, -0.15) is 0 Å². The molecule has 5 nitrogen and oxygen atoms in total. The van der Waals surface area contributed by atoms with Crippen molar-refractivity contribution >= 4 is 23.5 Å². The first-order chi connectivity index (χ1) is 10.3. The average molecular weight is 326 g/mol. The minimum Gasteiger partial charge on any atom is -0.338 e. The Bertz CT molecular complexity index is 503. The number of likely N-dealkylation sites (N-methyl/N-ethyl adjacent to an activating group) is 1. The molecule has 0 saturated heterocycles. The number of hydrogen-bond donors (Lipinski definition) is 2. The number of nitrogens with one attached hydrogen (secondary N) is 2. The number of imide groups is 1.